The van der Waals surface area contributed by atoms with Crippen LogP contribution >= 0.6 is 0 Å². The van der Waals surface area contributed by atoms with Crippen molar-refractivity contribution < 1.29 is 39.4 Å². The van der Waals surface area contributed by atoms with Crippen molar-refractivity contribution >= 4 is 24.9 Å². The summed E-state index contributed by atoms with van der Waals surface area (Å²) in [6, 6.07) is 0. The second kappa shape index (κ2) is 11.1. The first kappa shape index (κ1) is 23.3. The topological polar surface area (TPSA) is 171 Å². The monoisotopic (exact) mass is 396 g/mol. The quantitative estimate of drug-likeness (QED) is 0.129. The number of nitrogens with zero attached hydrogens (tertiary/aromatic N) is 1. The Balaban J connectivity index is 2.62. The molecule has 0 bridgehead atoms. The molecule has 28 heavy (non-hydrogen) atoms. The number of nitrogens with two attached hydrogens (primary N) is 1. The van der Waals surface area contributed by atoms with Gasteiger partial charge in [0.05, 0.1) is 13.1 Å². The van der Waals surface area contributed by atoms with Crippen molar-refractivity contribution in [3.63, 3.8) is 0 Å². The fourth-order valence-corrected chi connectivity index (χ4v) is 2.45. The smallest absolute Gasteiger partial charge is 0.451 e. The predicted octanol–water partition coefficient (Wildman–Crippen LogP) is -0.301. The van der Waals surface area contributed by atoms with Gasteiger partial charge in [-0.15, -0.1) is 0 Å². The largest absolute Gasteiger partial charge is 0.507 e. The van der Waals surface area contributed by atoms with Crippen LogP contribution in [0, 0.1) is 0 Å². The van der Waals surface area contributed by atoms with Gasteiger partial charge in [0.1, 0.15) is 23.7 Å². The van der Waals surface area contributed by atoms with Crippen molar-refractivity contribution in [2.45, 2.75) is 38.1 Å². The maximum absolute atomic E-state index is 11.9. The van der Waals surface area contributed by atoms with E-state index in [1.165, 1.54) is 11.0 Å². The molecular weight excluding hydrogens is 371 g/mol. The molecule has 0 unspecified atom stereocenters. The van der Waals surface area contributed by atoms with Gasteiger partial charge in [-0.05, 0) is 24.7 Å². The van der Waals surface area contributed by atoms with Crippen molar-refractivity contribution in [3.05, 3.63) is 35.8 Å². The maximum atomic E-state index is 11.9. The molecular formula is C17H25BN2O8. The van der Waals surface area contributed by atoms with E-state index in [4.69, 9.17) is 20.5 Å². The van der Waals surface area contributed by atoms with Crippen molar-refractivity contribution in [1.82, 2.24) is 4.90 Å². The van der Waals surface area contributed by atoms with E-state index in [1.54, 1.807) is 0 Å². The number of rotatable bonds is 12. The molecule has 1 heterocycles. The number of carboxylic acid groups (broad SMARTS) is 1. The second-order valence-electron chi connectivity index (χ2n) is 6.31. The van der Waals surface area contributed by atoms with E-state index in [1.807, 2.05) is 0 Å². The molecule has 0 saturated carbocycles. The molecule has 0 radical (unpaired) electrons. The highest BCUT2D eigenvalue weighted by Gasteiger charge is 2.31. The summed E-state index contributed by atoms with van der Waals surface area (Å²) >= 11 is 0. The first-order valence-corrected chi connectivity index (χ1v) is 8.71. The van der Waals surface area contributed by atoms with Gasteiger partial charge in [-0.1, -0.05) is 12.7 Å². The van der Waals surface area contributed by atoms with Crippen molar-refractivity contribution in [2.75, 3.05) is 13.1 Å². The molecule has 1 aliphatic rings. The van der Waals surface area contributed by atoms with Crippen LogP contribution in [-0.2, 0) is 19.1 Å². The number of amides is 2. The van der Waals surface area contributed by atoms with E-state index in [-0.39, 0.29) is 50.2 Å². The van der Waals surface area contributed by atoms with Gasteiger partial charge in [0, 0.05) is 12.8 Å². The summed E-state index contributed by atoms with van der Waals surface area (Å²) in [6.07, 6.45) is 2.30. The summed E-state index contributed by atoms with van der Waals surface area (Å²) in [4.78, 5) is 35.4. The third-order valence-corrected chi connectivity index (χ3v) is 4.10. The molecule has 0 spiro atoms. The van der Waals surface area contributed by atoms with E-state index in [2.05, 4.69) is 6.58 Å². The molecule has 0 atom stereocenters. The van der Waals surface area contributed by atoms with E-state index in [9.17, 15) is 24.6 Å². The van der Waals surface area contributed by atoms with Crippen molar-refractivity contribution in [3.8, 4) is 0 Å². The van der Waals surface area contributed by atoms with Crippen LogP contribution in [-0.4, -0.2) is 69.3 Å². The molecule has 154 valence electrons. The highest BCUT2D eigenvalue weighted by Crippen LogP contribution is 2.21. The number of aliphatic carboxylic acids is 1. The van der Waals surface area contributed by atoms with Gasteiger partial charge in [-0.2, -0.15) is 0 Å². The number of carbonyl (C=O) groups is 3. The Bertz CT molecular complexity index is 668. The molecule has 0 aliphatic carbocycles. The number of hydrogen-bond acceptors (Lipinski definition) is 7. The van der Waals surface area contributed by atoms with Crippen LogP contribution in [0.1, 0.15) is 25.7 Å². The molecule has 6 N–H and O–H groups in total. The lowest BCUT2D eigenvalue weighted by Crippen LogP contribution is -2.54. The summed E-state index contributed by atoms with van der Waals surface area (Å²) in [5.74, 6) is -2.63. The number of likely N-dealkylation sites (tertiary alicyclic amines) is 1. The SMILES string of the molecule is C=C/C(CCB(O)O)=C(O)\C(=C\OC1CN(C(=O)CCCC(N)=O)C1)C(=O)O. The third-order valence-electron chi connectivity index (χ3n) is 4.10. The fraction of sp³-hybridized carbons (Fsp3) is 0.471. The number of aliphatic hydroxyl groups is 1. The molecule has 11 heteroatoms. The molecule has 2 amide bonds. The highest BCUT2D eigenvalue weighted by atomic mass is 16.5. The minimum Gasteiger partial charge on any atom is -0.507 e. The lowest BCUT2D eigenvalue weighted by atomic mass is 9.82. The van der Waals surface area contributed by atoms with Crippen LogP contribution < -0.4 is 5.73 Å². The van der Waals surface area contributed by atoms with Crippen molar-refractivity contribution in [1.29, 1.82) is 0 Å². The van der Waals surface area contributed by atoms with E-state index >= 15 is 0 Å². The number of ether oxygens (including phenoxy) is 1. The van der Waals surface area contributed by atoms with E-state index < -0.39 is 36.4 Å². The number of aliphatic hydroxyl groups excluding tert-OH is 1. The zero-order valence-corrected chi connectivity index (χ0v) is 15.4. The fourth-order valence-electron chi connectivity index (χ4n) is 2.45. The van der Waals surface area contributed by atoms with Crippen LogP contribution in [0.2, 0.25) is 6.32 Å². The van der Waals surface area contributed by atoms with Crippen LogP contribution in [0.25, 0.3) is 0 Å². The van der Waals surface area contributed by atoms with Gasteiger partial charge in [-0.25, -0.2) is 4.79 Å². The van der Waals surface area contributed by atoms with Crippen LogP contribution in [0.5, 0.6) is 0 Å². The highest BCUT2D eigenvalue weighted by molar-refractivity contribution is 6.41. The Morgan fingerprint density at radius 3 is 2.32 bits per heavy atom. The summed E-state index contributed by atoms with van der Waals surface area (Å²) in [6.45, 7) is 3.99. The Hall–Kier alpha value is -2.79. The number of carboxylic acids is 1. The van der Waals surface area contributed by atoms with Crippen LogP contribution in [0.4, 0.5) is 0 Å². The van der Waals surface area contributed by atoms with Gasteiger partial charge in [0.15, 0.2) is 0 Å². The van der Waals surface area contributed by atoms with Crippen LogP contribution in [0.15, 0.2) is 35.8 Å². The Morgan fingerprint density at radius 1 is 1.18 bits per heavy atom. The summed E-state index contributed by atoms with van der Waals surface area (Å²) in [5, 5.41) is 37.2. The first-order chi connectivity index (χ1) is 13.1. The second-order valence-corrected chi connectivity index (χ2v) is 6.31. The number of hydrogen-bond donors (Lipinski definition) is 5. The van der Waals surface area contributed by atoms with E-state index in [0.717, 1.165) is 6.26 Å². The summed E-state index contributed by atoms with van der Waals surface area (Å²) in [5.41, 5.74) is 4.64. The standard InChI is InChI=1S/C17H25BN2O8/c1-2-11(6-7-18(26)27)16(23)13(17(24)25)10-28-12-8-20(9-12)15(22)5-3-4-14(19)21/h2,10,12,23,26-27H,1,3-9H2,(H2,19,21)(H,24,25)/b13-10-,16-11-. The molecule has 0 aromatic rings. The van der Waals surface area contributed by atoms with E-state index in [0.29, 0.717) is 6.42 Å². The average Bonchev–Trinajstić information content (AvgIpc) is 2.56. The zero-order chi connectivity index (χ0) is 21.3. The minimum atomic E-state index is -1.60. The number of carbonyl (C=O) groups excluding carboxylic acids is 2. The Kier molecular flexibility index (Phi) is 9.26. The number of primary amides is 1. The lowest BCUT2D eigenvalue weighted by Gasteiger charge is -2.38. The molecule has 1 fully saturated rings. The van der Waals surface area contributed by atoms with Gasteiger partial charge in [0.2, 0.25) is 11.8 Å². The van der Waals surface area contributed by atoms with Gasteiger partial charge in [0.25, 0.3) is 0 Å². The van der Waals surface area contributed by atoms with Gasteiger partial charge < -0.3 is 35.6 Å². The summed E-state index contributed by atoms with van der Waals surface area (Å²) in [7, 11) is -1.60. The van der Waals surface area contributed by atoms with Crippen LogP contribution in [0.3, 0.4) is 0 Å². The Morgan fingerprint density at radius 2 is 1.82 bits per heavy atom. The first-order valence-electron chi connectivity index (χ1n) is 8.71. The average molecular weight is 396 g/mol. The minimum absolute atomic E-state index is 0.00856. The maximum Gasteiger partial charge on any atom is 0.451 e. The number of allylic oxidation sites excluding steroid dienone is 2. The summed E-state index contributed by atoms with van der Waals surface area (Å²) < 4.78 is 5.33. The Labute approximate surface area is 162 Å². The molecule has 1 rings (SSSR count). The third kappa shape index (κ3) is 7.45. The normalized spacial score (nSPS) is 15.4. The molecule has 0 aromatic heterocycles. The predicted molar refractivity (Wildman–Crippen MR) is 99.7 cm³/mol. The van der Waals surface area contributed by atoms with Gasteiger partial charge >= 0.3 is 13.1 Å². The molecule has 1 saturated heterocycles. The lowest BCUT2D eigenvalue weighted by molar-refractivity contribution is -0.142. The van der Waals surface area contributed by atoms with Gasteiger partial charge in [-0.3, -0.25) is 9.59 Å². The molecule has 0 aromatic carbocycles. The molecule has 1 aliphatic heterocycles. The van der Waals surface area contributed by atoms with Crippen molar-refractivity contribution in [2.24, 2.45) is 5.73 Å². The zero-order valence-electron chi connectivity index (χ0n) is 15.4. The molecule has 10 nitrogen and oxygen atoms in total.